The standard InChI is InChI=1S/C19H25N3O4/c1-4-15(13-8-6-5-7-9-13)22-18(25)21-17(24)19(22)10-14(20-11-19)16(23)26-12(2)3/h5-9,12,14-15,20H,4,10-11H2,1-3H3,(H,21,24,25)/t14-,15?,19+/m0/s1. The second-order valence-electron chi connectivity index (χ2n) is 7.12. The van der Waals surface area contributed by atoms with E-state index in [4.69, 9.17) is 4.74 Å². The number of urea groups is 1. The Morgan fingerprint density at radius 2 is 2.00 bits per heavy atom. The lowest BCUT2D eigenvalue weighted by atomic mass is 9.90. The highest BCUT2D eigenvalue weighted by molar-refractivity contribution is 6.08. The SMILES string of the molecule is CCC(c1ccccc1)N1C(=O)NC(=O)[C@@]12CN[C@H](C(=O)OC(C)C)C2. The van der Waals surface area contributed by atoms with Gasteiger partial charge in [-0.25, -0.2) is 4.79 Å². The van der Waals surface area contributed by atoms with E-state index in [1.807, 2.05) is 37.3 Å². The number of hydrogen-bond acceptors (Lipinski definition) is 5. The van der Waals surface area contributed by atoms with Crippen molar-refractivity contribution >= 4 is 17.9 Å². The number of ether oxygens (including phenoxy) is 1. The van der Waals surface area contributed by atoms with Gasteiger partial charge in [-0.15, -0.1) is 0 Å². The Hall–Kier alpha value is -2.41. The van der Waals surface area contributed by atoms with Gasteiger partial charge >= 0.3 is 12.0 Å². The molecule has 2 fully saturated rings. The molecule has 26 heavy (non-hydrogen) atoms. The number of nitrogens with zero attached hydrogens (tertiary/aromatic N) is 1. The zero-order chi connectivity index (χ0) is 18.9. The summed E-state index contributed by atoms with van der Waals surface area (Å²) < 4.78 is 5.27. The van der Waals surface area contributed by atoms with Crippen LogP contribution in [0.1, 0.15) is 45.2 Å². The number of esters is 1. The van der Waals surface area contributed by atoms with Crippen LogP contribution in [0.25, 0.3) is 0 Å². The molecular formula is C19H25N3O4. The zero-order valence-electron chi connectivity index (χ0n) is 15.3. The highest BCUT2D eigenvalue weighted by Crippen LogP contribution is 2.39. The molecule has 2 saturated heterocycles. The smallest absolute Gasteiger partial charge is 0.325 e. The maximum Gasteiger partial charge on any atom is 0.325 e. The molecule has 1 unspecified atom stereocenters. The maximum absolute atomic E-state index is 12.7. The van der Waals surface area contributed by atoms with Gasteiger partial charge in [0.05, 0.1) is 12.1 Å². The van der Waals surface area contributed by atoms with Crippen LogP contribution in [0.15, 0.2) is 30.3 Å². The Bertz CT molecular complexity index is 706. The summed E-state index contributed by atoms with van der Waals surface area (Å²) in [5.74, 6) is -0.749. The van der Waals surface area contributed by atoms with E-state index in [1.54, 1.807) is 18.7 Å². The molecule has 7 heteroatoms. The summed E-state index contributed by atoms with van der Waals surface area (Å²) in [6.45, 7) is 5.77. The Balaban J connectivity index is 1.91. The van der Waals surface area contributed by atoms with Crippen molar-refractivity contribution in [2.24, 2.45) is 0 Å². The number of carbonyl (C=O) groups is 3. The van der Waals surface area contributed by atoms with Gasteiger partial charge in [-0.1, -0.05) is 37.3 Å². The first kappa shape index (κ1) is 18.4. The van der Waals surface area contributed by atoms with Gasteiger partial charge < -0.3 is 15.0 Å². The summed E-state index contributed by atoms with van der Waals surface area (Å²) >= 11 is 0. The Morgan fingerprint density at radius 1 is 1.31 bits per heavy atom. The lowest BCUT2D eigenvalue weighted by Gasteiger charge is -2.37. The van der Waals surface area contributed by atoms with Gasteiger partial charge in [-0.05, 0) is 25.8 Å². The van der Waals surface area contributed by atoms with Crippen LogP contribution in [0.3, 0.4) is 0 Å². The molecule has 3 rings (SSSR count). The molecule has 2 aliphatic heterocycles. The third-order valence-electron chi connectivity index (χ3n) is 5.02. The van der Waals surface area contributed by atoms with Gasteiger partial charge in [0.2, 0.25) is 0 Å². The molecule has 1 aromatic rings. The molecule has 0 aliphatic carbocycles. The molecule has 3 atom stereocenters. The largest absolute Gasteiger partial charge is 0.462 e. The highest BCUT2D eigenvalue weighted by atomic mass is 16.5. The number of carbonyl (C=O) groups excluding carboxylic acids is 3. The molecule has 2 heterocycles. The van der Waals surface area contributed by atoms with Crippen LogP contribution in [-0.2, 0) is 14.3 Å². The van der Waals surface area contributed by atoms with E-state index in [0.29, 0.717) is 6.42 Å². The van der Waals surface area contributed by atoms with Crippen molar-refractivity contribution in [3.05, 3.63) is 35.9 Å². The molecule has 1 spiro atoms. The maximum atomic E-state index is 12.7. The van der Waals surface area contributed by atoms with Crippen LogP contribution < -0.4 is 10.6 Å². The lowest BCUT2D eigenvalue weighted by Crippen LogP contribution is -2.52. The van der Waals surface area contributed by atoms with Crippen molar-refractivity contribution in [3.63, 3.8) is 0 Å². The minimum atomic E-state index is -1.08. The fourth-order valence-corrected chi connectivity index (χ4v) is 3.87. The van der Waals surface area contributed by atoms with Crippen molar-refractivity contribution in [2.45, 2.75) is 57.3 Å². The van der Waals surface area contributed by atoms with Crippen LogP contribution >= 0.6 is 0 Å². The summed E-state index contributed by atoms with van der Waals surface area (Å²) in [5.41, 5.74) is -0.110. The minimum absolute atomic E-state index is 0.208. The van der Waals surface area contributed by atoms with E-state index < -0.39 is 23.6 Å². The van der Waals surface area contributed by atoms with Crippen molar-refractivity contribution in [3.8, 4) is 0 Å². The fourth-order valence-electron chi connectivity index (χ4n) is 3.87. The summed E-state index contributed by atoms with van der Waals surface area (Å²) in [5, 5.41) is 5.52. The Morgan fingerprint density at radius 3 is 2.62 bits per heavy atom. The van der Waals surface area contributed by atoms with Crippen molar-refractivity contribution < 1.29 is 19.1 Å². The quantitative estimate of drug-likeness (QED) is 0.618. The number of nitrogens with one attached hydrogen (secondary N) is 2. The van der Waals surface area contributed by atoms with Crippen molar-refractivity contribution in [1.82, 2.24) is 15.5 Å². The monoisotopic (exact) mass is 359 g/mol. The zero-order valence-corrected chi connectivity index (χ0v) is 15.3. The van der Waals surface area contributed by atoms with Crippen LogP contribution in [0.4, 0.5) is 4.79 Å². The van der Waals surface area contributed by atoms with E-state index in [2.05, 4.69) is 10.6 Å². The number of rotatable bonds is 5. The second kappa shape index (κ2) is 7.07. The second-order valence-corrected chi connectivity index (χ2v) is 7.12. The first-order valence-corrected chi connectivity index (χ1v) is 9.02. The van der Waals surface area contributed by atoms with Gasteiger partial charge in [-0.2, -0.15) is 0 Å². The van der Waals surface area contributed by atoms with E-state index >= 15 is 0 Å². The average molecular weight is 359 g/mol. The van der Waals surface area contributed by atoms with E-state index in [9.17, 15) is 14.4 Å². The van der Waals surface area contributed by atoms with E-state index in [0.717, 1.165) is 5.56 Å². The first-order chi connectivity index (χ1) is 12.4. The van der Waals surface area contributed by atoms with Gasteiger partial charge in [0.25, 0.3) is 5.91 Å². The normalized spacial score (nSPS) is 26.5. The summed E-state index contributed by atoms with van der Waals surface area (Å²) in [6.07, 6.45) is 0.635. The summed E-state index contributed by atoms with van der Waals surface area (Å²) in [4.78, 5) is 39.2. The molecule has 7 nitrogen and oxygen atoms in total. The average Bonchev–Trinajstić information content (AvgIpc) is 3.14. The molecule has 2 N–H and O–H groups in total. The molecule has 0 saturated carbocycles. The van der Waals surface area contributed by atoms with Gasteiger partial charge in [0, 0.05) is 13.0 Å². The van der Waals surface area contributed by atoms with Crippen LogP contribution in [-0.4, -0.2) is 47.0 Å². The van der Waals surface area contributed by atoms with Crippen LogP contribution in [0.2, 0.25) is 0 Å². The number of benzene rings is 1. The molecule has 0 radical (unpaired) electrons. The van der Waals surface area contributed by atoms with Crippen LogP contribution in [0.5, 0.6) is 0 Å². The molecule has 140 valence electrons. The Labute approximate surface area is 153 Å². The lowest BCUT2D eigenvalue weighted by molar-refractivity contribution is -0.149. The van der Waals surface area contributed by atoms with E-state index in [1.165, 1.54) is 0 Å². The Kier molecular flexibility index (Phi) is 5.00. The third kappa shape index (κ3) is 3.07. The highest BCUT2D eigenvalue weighted by Gasteiger charge is 2.59. The predicted molar refractivity (Wildman–Crippen MR) is 95.2 cm³/mol. The molecule has 2 aliphatic rings. The predicted octanol–water partition coefficient (Wildman–Crippen LogP) is 1.74. The number of hydrogen-bond donors (Lipinski definition) is 2. The number of imide groups is 1. The third-order valence-corrected chi connectivity index (χ3v) is 5.02. The molecule has 1 aromatic carbocycles. The topological polar surface area (TPSA) is 87.7 Å². The molecule has 0 aromatic heterocycles. The summed E-state index contributed by atoms with van der Waals surface area (Å²) in [6, 6.07) is 8.37. The minimum Gasteiger partial charge on any atom is -0.462 e. The first-order valence-electron chi connectivity index (χ1n) is 9.02. The summed E-state index contributed by atoms with van der Waals surface area (Å²) in [7, 11) is 0. The molecular weight excluding hydrogens is 334 g/mol. The van der Waals surface area contributed by atoms with Crippen molar-refractivity contribution in [1.29, 1.82) is 0 Å². The molecule has 3 amide bonds. The van der Waals surface area contributed by atoms with Crippen molar-refractivity contribution in [2.75, 3.05) is 6.54 Å². The molecule has 0 bridgehead atoms. The van der Waals surface area contributed by atoms with Gasteiger partial charge in [-0.3, -0.25) is 14.9 Å². The van der Waals surface area contributed by atoms with Crippen LogP contribution in [0, 0.1) is 0 Å². The van der Waals surface area contributed by atoms with Gasteiger partial charge in [0.1, 0.15) is 11.6 Å². The van der Waals surface area contributed by atoms with Gasteiger partial charge in [0.15, 0.2) is 0 Å². The van der Waals surface area contributed by atoms with E-state index in [-0.39, 0.29) is 31.0 Å². The number of amides is 3. The fraction of sp³-hybridized carbons (Fsp3) is 0.526.